The van der Waals surface area contributed by atoms with E-state index < -0.39 is 10.0 Å². The van der Waals surface area contributed by atoms with Crippen molar-refractivity contribution in [3.05, 3.63) is 41.0 Å². The molecule has 110 valence electrons. The van der Waals surface area contributed by atoms with Gasteiger partial charge in [0.2, 0.25) is 0 Å². The lowest BCUT2D eigenvalue weighted by Crippen LogP contribution is -2.37. The molecule has 1 N–H and O–H groups in total. The van der Waals surface area contributed by atoms with Crippen molar-refractivity contribution in [1.29, 1.82) is 0 Å². The number of aryl methyl sites for hydroxylation is 1. The minimum absolute atomic E-state index is 0.221. The quantitative estimate of drug-likeness (QED) is 0.678. The van der Waals surface area contributed by atoms with Crippen molar-refractivity contribution in [3.8, 4) is 0 Å². The van der Waals surface area contributed by atoms with Crippen molar-refractivity contribution in [1.82, 2.24) is 4.98 Å². The highest BCUT2D eigenvalue weighted by atomic mass is 32.2. The SMILES string of the molecule is Cc1ncc(S(=O)(=O)N2CC/C(=N/O)c3ccccc32)s1. The fraction of sp³-hybridized carbons (Fsp3) is 0.231. The minimum atomic E-state index is -3.63. The number of hydrogen-bond acceptors (Lipinski definition) is 6. The summed E-state index contributed by atoms with van der Waals surface area (Å²) in [5.74, 6) is 0. The van der Waals surface area contributed by atoms with Crippen molar-refractivity contribution in [3.63, 3.8) is 0 Å². The van der Waals surface area contributed by atoms with Crippen LogP contribution in [0, 0.1) is 6.92 Å². The largest absolute Gasteiger partial charge is 0.411 e. The van der Waals surface area contributed by atoms with Crippen LogP contribution in [0.1, 0.15) is 17.0 Å². The van der Waals surface area contributed by atoms with Crippen LogP contribution in [0.3, 0.4) is 0 Å². The number of nitrogens with zero attached hydrogens (tertiary/aromatic N) is 3. The lowest BCUT2D eigenvalue weighted by molar-refractivity contribution is 0.318. The molecule has 0 atom stereocenters. The summed E-state index contributed by atoms with van der Waals surface area (Å²) >= 11 is 1.15. The molecule has 2 heterocycles. The molecule has 0 aliphatic carbocycles. The maximum Gasteiger partial charge on any atom is 0.275 e. The number of para-hydroxylation sites is 1. The van der Waals surface area contributed by atoms with Gasteiger partial charge < -0.3 is 5.21 Å². The Hall–Kier alpha value is -1.93. The third-order valence-corrected chi connectivity index (χ3v) is 6.46. The average molecular weight is 323 g/mol. The first-order chi connectivity index (χ1) is 10.0. The van der Waals surface area contributed by atoms with Gasteiger partial charge in [-0.3, -0.25) is 4.31 Å². The Labute approximate surface area is 126 Å². The second kappa shape index (κ2) is 5.12. The number of sulfonamides is 1. The van der Waals surface area contributed by atoms with Crippen LogP contribution in [0.2, 0.25) is 0 Å². The summed E-state index contributed by atoms with van der Waals surface area (Å²) in [6, 6.07) is 7.02. The van der Waals surface area contributed by atoms with E-state index in [1.807, 2.05) is 0 Å². The molecule has 1 aromatic heterocycles. The van der Waals surface area contributed by atoms with E-state index in [9.17, 15) is 8.42 Å². The van der Waals surface area contributed by atoms with Crippen molar-refractivity contribution >= 4 is 32.8 Å². The zero-order valence-corrected chi connectivity index (χ0v) is 12.9. The van der Waals surface area contributed by atoms with Gasteiger partial charge in [-0.15, -0.1) is 11.3 Å². The Morgan fingerprint density at radius 2 is 2.14 bits per heavy atom. The van der Waals surface area contributed by atoms with Crippen LogP contribution in [0.4, 0.5) is 5.69 Å². The zero-order valence-electron chi connectivity index (χ0n) is 11.2. The van der Waals surface area contributed by atoms with E-state index in [0.717, 1.165) is 11.3 Å². The molecule has 2 aromatic rings. The normalized spacial score (nSPS) is 17.0. The van der Waals surface area contributed by atoms with Crippen molar-refractivity contribution in [2.24, 2.45) is 5.16 Å². The van der Waals surface area contributed by atoms with Crippen LogP contribution in [-0.4, -0.2) is 30.9 Å². The van der Waals surface area contributed by atoms with Gasteiger partial charge in [0, 0.05) is 18.5 Å². The summed E-state index contributed by atoms with van der Waals surface area (Å²) in [5.41, 5.74) is 1.66. The van der Waals surface area contributed by atoms with E-state index in [4.69, 9.17) is 5.21 Å². The second-order valence-electron chi connectivity index (χ2n) is 4.59. The Balaban J connectivity index is 2.12. The number of benzene rings is 1. The lowest BCUT2D eigenvalue weighted by atomic mass is 10.0. The van der Waals surface area contributed by atoms with Crippen LogP contribution >= 0.6 is 11.3 Å². The Morgan fingerprint density at radius 3 is 2.81 bits per heavy atom. The standard InChI is InChI=1S/C13H13N3O3S2/c1-9-14-8-13(20-9)21(18,19)16-7-6-11(15-17)10-4-2-3-5-12(10)16/h2-5,8,17H,6-7H2,1H3/b15-11-. The molecular formula is C13H13N3O3S2. The maximum atomic E-state index is 12.8. The van der Waals surface area contributed by atoms with Crippen LogP contribution in [-0.2, 0) is 10.0 Å². The molecule has 1 aliphatic rings. The summed E-state index contributed by atoms with van der Waals surface area (Å²) in [5, 5.41) is 13.0. The number of aromatic nitrogens is 1. The predicted octanol–water partition coefficient (Wildman–Crippen LogP) is 2.23. The molecule has 0 amide bonds. The molecule has 21 heavy (non-hydrogen) atoms. The van der Waals surface area contributed by atoms with Crippen LogP contribution in [0.15, 0.2) is 39.8 Å². The van der Waals surface area contributed by atoms with Crippen molar-refractivity contribution in [2.45, 2.75) is 17.6 Å². The first-order valence-corrected chi connectivity index (χ1v) is 8.55. The van der Waals surface area contributed by atoms with Gasteiger partial charge in [0.25, 0.3) is 10.0 Å². The van der Waals surface area contributed by atoms with Gasteiger partial charge in [-0.25, -0.2) is 13.4 Å². The van der Waals surface area contributed by atoms with E-state index in [1.54, 1.807) is 31.2 Å². The van der Waals surface area contributed by atoms with Crippen LogP contribution < -0.4 is 4.31 Å². The number of fused-ring (bicyclic) bond motifs is 1. The Kier molecular flexibility index (Phi) is 3.42. The van der Waals surface area contributed by atoms with Crippen molar-refractivity contribution < 1.29 is 13.6 Å². The van der Waals surface area contributed by atoms with Gasteiger partial charge >= 0.3 is 0 Å². The molecule has 0 radical (unpaired) electrons. The van der Waals surface area contributed by atoms with Gasteiger partial charge in [0.05, 0.1) is 22.6 Å². The lowest BCUT2D eigenvalue weighted by Gasteiger charge is -2.30. The minimum Gasteiger partial charge on any atom is -0.411 e. The van der Waals surface area contributed by atoms with Gasteiger partial charge in [-0.05, 0) is 13.0 Å². The molecular weight excluding hydrogens is 310 g/mol. The van der Waals surface area contributed by atoms with E-state index in [0.29, 0.717) is 28.4 Å². The number of anilines is 1. The average Bonchev–Trinajstić information content (AvgIpc) is 2.93. The van der Waals surface area contributed by atoms with Crippen molar-refractivity contribution in [2.75, 3.05) is 10.8 Å². The number of oxime groups is 1. The maximum absolute atomic E-state index is 12.8. The molecule has 6 nitrogen and oxygen atoms in total. The van der Waals surface area contributed by atoms with Gasteiger partial charge in [0.1, 0.15) is 0 Å². The first kappa shape index (κ1) is 14.0. The van der Waals surface area contributed by atoms with Gasteiger partial charge in [0.15, 0.2) is 4.21 Å². The van der Waals surface area contributed by atoms with Gasteiger partial charge in [-0.2, -0.15) is 0 Å². The first-order valence-electron chi connectivity index (χ1n) is 6.29. The van der Waals surface area contributed by atoms with E-state index in [-0.39, 0.29) is 10.8 Å². The fourth-order valence-corrected chi connectivity index (χ4v) is 5.03. The summed E-state index contributed by atoms with van der Waals surface area (Å²) < 4.78 is 27.1. The van der Waals surface area contributed by atoms with Crippen LogP contribution in [0.25, 0.3) is 0 Å². The third kappa shape index (κ3) is 2.30. The molecule has 1 aliphatic heterocycles. The highest BCUT2D eigenvalue weighted by molar-refractivity contribution is 7.94. The fourth-order valence-electron chi connectivity index (χ4n) is 2.32. The number of thiazole rings is 1. The molecule has 8 heteroatoms. The molecule has 0 unspecified atom stereocenters. The molecule has 0 fully saturated rings. The zero-order chi connectivity index (χ0) is 15.0. The third-order valence-electron chi connectivity index (χ3n) is 3.30. The number of hydrogen-bond donors (Lipinski definition) is 1. The predicted molar refractivity (Wildman–Crippen MR) is 80.8 cm³/mol. The summed E-state index contributed by atoms with van der Waals surface area (Å²) in [6.45, 7) is 2.01. The van der Waals surface area contributed by atoms with E-state index in [2.05, 4.69) is 10.1 Å². The monoisotopic (exact) mass is 323 g/mol. The molecule has 0 spiro atoms. The number of rotatable bonds is 2. The Morgan fingerprint density at radius 1 is 1.38 bits per heavy atom. The summed E-state index contributed by atoms with van der Waals surface area (Å²) in [7, 11) is -3.63. The molecule has 1 aromatic carbocycles. The Bertz CT molecular complexity index is 812. The highest BCUT2D eigenvalue weighted by Gasteiger charge is 2.32. The molecule has 3 rings (SSSR count). The van der Waals surface area contributed by atoms with E-state index in [1.165, 1.54) is 10.5 Å². The topological polar surface area (TPSA) is 82.9 Å². The summed E-state index contributed by atoms with van der Waals surface area (Å²) in [6.07, 6.45) is 1.75. The molecule has 0 bridgehead atoms. The molecule has 0 saturated heterocycles. The highest BCUT2D eigenvalue weighted by Crippen LogP contribution is 2.33. The molecule has 0 saturated carbocycles. The van der Waals surface area contributed by atoms with Crippen LogP contribution in [0.5, 0.6) is 0 Å². The second-order valence-corrected chi connectivity index (χ2v) is 7.91. The van der Waals surface area contributed by atoms with Gasteiger partial charge in [-0.1, -0.05) is 23.4 Å². The summed E-state index contributed by atoms with van der Waals surface area (Å²) in [4.78, 5) is 4.01. The smallest absolute Gasteiger partial charge is 0.275 e. The van der Waals surface area contributed by atoms with E-state index >= 15 is 0 Å².